The normalized spacial score (nSPS) is 16.7. The maximum Gasteiger partial charge on any atom is 0.248 e. The molecule has 1 saturated carbocycles. The predicted octanol–water partition coefficient (Wildman–Crippen LogP) is 5.86. The summed E-state index contributed by atoms with van der Waals surface area (Å²) in [6.45, 7) is 0. The summed E-state index contributed by atoms with van der Waals surface area (Å²) in [5, 5.41) is 12.2. The molecule has 0 atom stereocenters. The van der Waals surface area contributed by atoms with Crippen LogP contribution in [0.15, 0.2) is 54.7 Å². The van der Waals surface area contributed by atoms with E-state index in [1.54, 1.807) is 12.3 Å². The van der Waals surface area contributed by atoms with Crippen LogP contribution in [-0.2, 0) is 0 Å². The van der Waals surface area contributed by atoms with E-state index in [4.69, 9.17) is 0 Å². The Balaban J connectivity index is 1.43. The summed E-state index contributed by atoms with van der Waals surface area (Å²) in [5.74, 6) is -2.39. The van der Waals surface area contributed by atoms with Gasteiger partial charge in [-0.1, -0.05) is 24.3 Å². The number of aromatic nitrogens is 3. The molecule has 152 valence electrons. The first kappa shape index (κ1) is 18.7. The molecule has 2 N–H and O–H groups in total. The number of rotatable bonds is 4. The maximum absolute atomic E-state index is 13.5. The number of alkyl halides is 2. The molecule has 2 heterocycles. The topological polar surface area (TPSA) is 70.7 Å². The minimum atomic E-state index is -2.64. The van der Waals surface area contributed by atoms with E-state index in [-0.39, 0.29) is 37.4 Å². The van der Waals surface area contributed by atoms with Crippen LogP contribution in [0.3, 0.4) is 0 Å². The summed E-state index contributed by atoms with van der Waals surface area (Å²) < 4.78 is 26.9. The van der Waals surface area contributed by atoms with Gasteiger partial charge >= 0.3 is 0 Å². The highest BCUT2D eigenvalue weighted by Crippen LogP contribution is 2.38. The van der Waals surface area contributed by atoms with Crippen molar-refractivity contribution in [3.05, 3.63) is 60.3 Å². The number of Topliss-reactive ketones (excluding diaryl/α,β-unsaturated/α-hetero) is 1. The van der Waals surface area contributed by atoms with Crippen LogP contribution in [0.5, 0.6) is 0 Å². The monoisotopic (exact) mass is 406 g/mol. The van der Waals surface area contributed by atoms with Crippen LogP contribution >= 0.6 is 0 Å². The number of nitrogens with one attached hydrogen (secondary N) is 2. The lowest BCUT2D eigenvalue weighted by molar-refractivity contribution is -0.0424. The van der Waals surface area contributed by atoms with Crippen molar-refractivity contribution >= 4 is 39.1 Å². The highest BCUT2D eigenvalue weighted by molar-refractivity contribution is 6.09. The Morgan fingerprint density at radius 1 is 1.10 bits per heavy atom. The number of benzene rings is 2. The summed E-state index contributed by atoms with van der Waals surface area (Å²) >= 11 is 0. The first-order chi connectivity index (χ1) is 14.5. The molecule has 0 bridgehead atoms. The molecule has 2 aromatic heterocycles. The van der Waals surface area contributed by atoms with Gasteiger partial charge in [-0.05, 0) is 47.9 Å². The number of nitrogens with zero attached hydrogens (tertiary/aromatic N) is 2. The van der Waals surface area contributed by atoms with Gasteiger partial charge in [0.25, 0.3) is 0 Å². The molecule has 0 aliphatic heterocycles. The van der Waals surface area contributed by atoms with Gasteiger partial charge in [0.15, 0.2) is 11.6 Å². The van der Waals surface area contributed by atoms with Gasteiger partial charge in [0.05, 0.1) is 5.52 Å². The number of hydrogen-bond acceptors (Lipinski definition) is 4. The lowest BCUT2D eigenvalue weighted by Gasteiger charge is -2.27. The summed E-state index contributed by atoms with van der Waals surface area (Å²) in [7, 11) is 0. The van der Waals surface area contributed by atoms with Crippen LogP contribution < -0.4 is 5.32 Å². The van der Waals surface area contributed by atoms with Gasteiger partial charge in [-0.2, -0.15) is 5.10 Å². The Kier molecular flexibility index (Phi) is 4.46. The van der Waals surface area contributed by atoms with Gasteiger partial charge in [-0.25, -0.2) is 8.78 Å². The number of carbonyl (C=O) groups excluding carboxylic acids is 1. The number of halogens is 2. The van der Waals surface area contributed by atoms with Crippen molar-refractivity contribution in [3.63, 3.8) is 0 Å². The maximum atomic E-state index is 13.5. The molecule has 5 nitrogen and oxygen atoms in total. The van der Waals surface area contributed by atoms with E-state index in [0.29, 0.717) is 11.4 Å². The average Bonchev–Trinajstić information content (AvgIpc) is 3.15. The lowest BCUT2D eigenvalue weighted by Crippen LogP contribution is -2.28. The minimum Gasteiger partial charge on any atom is -0.337 e. The van der Waals surface area contributed by atoms with Crippen molar-refractivity contribution in [2.75, 3.05) is 5.32 Å². The molecule has 4 aromatic rings. The van der Waals surface area contributed by atoms with Crippen molar-refractivity contribution in [2.45, 2.75) is 31.6 Å². The minimum absolute atomic E-state index is 0.0423. The molecule has 0 unspecified atom stereocenters. The number of H-pyrrole nitrogens is 1. The second-order valence-electron chi connectivity index (χ2n) is 7.83. The number of carbonyl (C=O) groups is 1. The van der Waals surface area contributed by atoms with E-state index in [0.717, 1.165) is 27.5 Å². The molecule has 1 aliphatic rings. The molecular weight excluding hydrogens is 386 g/mol. The summed E-state index contributed by atoms with van der Waals surface area (Å²) in [4.78, 5) is 17.4. The summed E-state index contributed by atoms with van der Waals surface area (Å²) in [6, 6.07) is 15.0. The van der Waals surface area contributed by atoms with Gasteiger partial charge in [0, 0.05) is 36.2 Å². The molecule has 5 rings (SSSR count). The molecule has 0 saturated heterocycles. The number of ketones is 1. The highest BCUT2D eigenvalue weighted by Gasteiger charge is 2.37. The Hall–Kier alpha value is -3.35. The molecule has 2 aromatic carbocycles. The molecular formula is C23H20F2N4O. The fraction of sp³-hybridized carbons (Fsp3) is 0.261. The zero-order chi connectivity index (χ0) is 20.7. The van der Waals surface area contributed by atoms with E-state index < -0.39 is 5.92 Å². The molecule has 1 aliphatic carbocycles. The number of hydrogen-bond donors (Lipinski definition) is 2. The zero-order valence-corrected chi connectivity index (χ0v) is 16.2. The van der Waals surface area contributed by atoms with Crippen LogP contribution in [0.2, 0.25) is 0 Å². The van der Waals surface area contributed by atoms with Gasteiger partial charge in [0.2, 0.25) is 5.92 Å². The van der Waals surface area contributed by atoms with Gasteiger partial charge in [0.1, 0.15) is 5.52 Å². The fourth-order valence-corrected chi connectivity index (χ4v) is 4.18. The third-order valence-electron chi connectivity index (χ3n) is 5.82. The van der Waals surface area contributed by atoms with Crippen molar-refractivity contribution in [1.82, 2.24) is 15.2 Å². The number of aromatic amines is 1. The number of pyridine rings is 1. The summed E-state index contributed by atoms with van der Waals surface area (Å²) in [6.07, 6.45) is 1.76. The molecule has 30 heavy (non-hydrogen) atoms. The van der Waals surface area contributed by atoms with Gasteiger partial charge in [-0.3, -0.25) is 14.9 Å². The van der Waals surface area contributed by atoms with E-state index in [1.165, 1.54) is 0 Å². The van der Waals surface area contributed by atoms with E-state index in [1.807, 2.05) is 42.5 Å². The highest BCUT2D eigenvalue weighted by atomic mass is 19.3. The molecule has 1 fully saturated rings. The lowest BCUT2D eigenvalue weighted by atomic mass is 9.81. The first-order valence-electron chi connectivity index (χ1n) is 10.0. The van der Waals surface area contributed by atoms with Gasteiger partial charge < -0.3 is 5.32 Å². The Labute approximate surface area is 171 Å². The van der Waals surface area contributed by atoms with Gasteiger partial charge in [-0.15, -0.1) is 0 Å². The van der Waals surface area contributed by atoms with Crippen LogP contribution in [-0.4, -0.2) is 26.9 Å². The third-order valence-corrected chi connectivity index (χ3v) is 5.82. The van der Waals surface area contributed by atoms with Crippen molar-refractivity contribution in [1.29, 1.82) is 0 Å². The number of anilines is 2. The summed E-state index contributed by atoms with van der Waals surface area (Å²) in [5.41, 5.74) is 3.01. The first-order valence-corrected chi connectivity index (χ1v) is 10.0. The standard InChI is InChI=1S/C23H20F2N4O/c24-23(25)10-8-14(9-11-23)21(30)18-4-1-3-15-13-16(6-7-17(15)18)27-22-20-19(28-29-22)5-2-12-26-20/h1-7,12-14H,8-11H2,(H2,27,28,29). The van der Waals surface area contributed by atoms with Crippen molar-refractivity contribution in [2.24, 2.45) is 5.92 Å². The largest absolute Gasteiger partial charge is 0.337 e. The Bertz CT molecular complexity index is 1240. The third kappa shape index (κ3) is 3.40. The Morgan fingerprint density at radius 3 is 2.77 bits per heavy atom. The van der Waals surface area contributed by atoms with E-state index in [9.17, 15) is 13.6 Å². The number of fused-ring (bicyclic) bond motifs is 2. The molecule has 0 amide bonds. The quantitative estimate of drug-likeness (QED) is 0.416. The Morgan fingerprint density at radius 2 is 1.93 bits per heavy atom. The second-order valence-corrected chi connectivity index (χ2v) is 7.83. The molecule has 0 radical (unpaired) electrons. The SMILES string of the molecule is O=C(c1cccc2cc(Nc3n[nH]c4cccnc34)ccc12)C1CCC(F)(F)CC1. The van der Waals surface area contributed by atoms with Crippen LogP contribution in [0, 0.1) is 5.92 Å². The predicted molar refractivity (Wildman–Crippen MR) is 112 cm³/mol. The zero-order valence-electron chi connectivity index (χ0n) is 16.2. The second kappa shape index (κ2) is 7.16. The van der Waals surface area contributed by atoms with Crippen molar-refractivity contribution in [3.8, 4) is 0 Å². The van der Waals surface area contributed by atoms with Crippen molar-refractivity contribution < 1.29 is 13.6 Å². The smallest absolute Gasteiger partial charge is 0.248 e. The van der Waals surface area contributed by atoms with E-state index >= 15 is 0 Å². The fourth-order valence-electron chi connectivity index (χ4n) is 4.18. The van der Waals surface area contributed by atoms with E-state index in [2.05, 4.69) is 20.5 Å². The molecule has 0 spiro atoms. The van der Waals surface area contributed by atoms with Crippen LogP contribution in [0.4, 0.5) is 20.3 Å². The van der Waals surface area contributed by atoms with Crippen LogP contribution in [0.1, 0.15) is 36.0 Å². The molecule has 7 heteroatoms. The van der Waals surface area contributed by atoms with Crippen LogP contribution in [0.25, 0.3) is 21.8 Å². The average molecular weight is 406 g/mol.